The summed E-state index contributed by atoms with van der Waals surface area (Å²) in [6, 6.07) is 5.84. The molecule has 1 heterocycles. The topological polar surface area (TPSA) is 34.1 Å². The minimum absolute atomic E-state index is 0.153. The lowest BCUT2D eigenvalue weighted by Crippen LogP contribution is -2.00. The van der Waals surface area contributed by atoms with Gasteiger partial charge in [0.1, 0.15) is 0 Å². The summed E-state index contributed by atoms with van der Waals surface area (Å²) in [4.78, 5) is 0.427. The summed E-state index contributed by atoms with van der Waals surface area (Å²) < 4.78 is 24.1. The van der Waals surface area contributed by atoms with Crippen molar-refractivity contribution >= 4 is 44.4 Å². The number of halogens is 2. The third-order valence-corrected chi connectivity index (χ3v) is 5.33. The third-order valence-electron chi connectivity index (χ3n) is 2.01. The predicted octanol–water partition coefficient (Wildman–Crippen LogP) is 3.89. The first-order chi connectivity index (χ1) is 7.51. The highest BCUT2D eigenvalue weighted by atomic mass is 35.5. The van der Waals surface area contributed by atoms with Gasteiger partial charge in [-0.2, -0.15) is 11.3 Å². The van der Waals surface area contributed by atoms with Crippen molar-refractivity contribution in [3.63, 3.8) is 0 Å². The maximum atomic E-state index is 12.1. The molecule has 0 aliphatic heterocycles. The Bertz CT molecular complexity index is 604. The van der Waals surface area contributed by atoms with Crippen molar-refractivity contribution in [1.29, 1.82) is 0 Å². The monoisotopic (exact) mass is 292 g/mol. The van der Waals surface area contributed by atoms with Gasteiger partial charge in [0.25, 0.3) is 0 Å². The molecule has 2 nitrogen and oxygen atoms in total. The van der Waals surface area contributed by atoms with Gasteiger partial charge in [-0.15, -0.1) is 0 Å². The molecule has 6 heteroatoms. The Kier molecular flexibility index (Phi) is 3.26. The van der Waals surface area contributed by atoms with Crippen molar-refractivity contribution in [1.82, 2.24) is 0 Å². The highest BCUT2D eigenvalue weighted by Crippen LogP contribution is 2.28. The van der Waals surface area contributed by atoms with E-state index < -0.39 is 9.84 Å². The van der Waals surface area contributed by atoms with E-state index in [0.29, 0.717) is 5.02 Å². The van der Waals surface area contributed by atoms with Crippen LogP contribution in [0.4, 0.5) is 0 Å². The van der Waals surface area contributed by atoms with Gasteiger partial charge in [0.2, 0.25) is 9.84 Å². The highest BCUT2D eigenvalue weighted by Gasteiger charge is 2.18. The van der Waals surface area contributed by atoms with Gasteiger partial charge in [-0.25, -0.2) is 8.42 Å². The second kappa shape index (κ2) is 4.37. The molecule has 0 aliphatic rings. The summed E-state index contributed by atoms with van der Waals surface area (Å²) in [6.07, 6.45) is 0. The zero-order valence-corrected chi connectivity index (χ0v) is 11.0. The maximum Gasteiger partial charge on any atom is 0.207 e. The number of benzene rings is 1. The van der Waals surface area contributed by atoms with E-state index >= 15 is 0 Å². The van der Waals surface area contributed by atoms with Gasteiger partial charge < -0.3 is 0 Å². The minimum Gasteiger partial charge on any atom is -0.218 e. The van der Waals surface area contributed by atoms with Crippen LogP contribution in [-0.2, 0) is 9.84 Å². The first-order valence-corrected chi connectivity index (χ1v) is 7.42. The van der Waals surface area contributed by atoms with E-state index in [4.69, 9.17) is 23.2 Å². The molecule has 0 unspecified atom stereocenters. The van der Waals surface area contributed by atoms with Crippen LogP contribution in [0.15, 0.2) is 44.8 Å². The maximum absolute atomic E-state index is 12.1. The average Bonchev–Trinajstić information content (AvgIpc) is 2.75. The van der Waals surface area contributed by atoms with Crippen LogP contribution in [-0.4, -0.2) is 8.42 Å². The van der Waals surface area contributed by atoms with Crippen molar-refractivity contribution in [2.24, 2.45) is 0 Å². The van der Waals surface area contributed by atoms with E-state index in [0.717, 1.165) is 0 Å². The first-order valence-electron chi connectivity index (χ1n) is 4.24. The number of thiophene rings is 1. The van der Waals surface area contributed by atoms with Gasteiger partial charge >= 0.3 is 0 Å². The lowest BCUT2D eigenvalue weighted by atomic mass is 10.4. The lowest BCUT2D eigenvalue weighted by molar-refractivity contribution is 0.596. The van der Waals surface area contributed by atoms with E-state index in [1.165, 1.54) is 29.5 Å². The molecular formula is C10H6Cl2O2S2. The normalized spacial score (nSPS) is 11.6. The molecule has 0 saturated heterocycles. The van der Waals surface area contributed by atoms with Gasteiger partial charge in [-0.1, -0.05) is 23.2 Å². The summed E-state index contributed by atoms with van der Waals surface area (Å²) in [5, 5.41) is 3.87. The van der Waals surface area contributed by atoms with Gasteiger partial charge in [0.15, 0.2) is 0 Å². The molecule has 0 saturated carbocycles. The fraction of sp³-hybridized carbons (Fsp3) is 0. The van der Waals surface area contributed by atoms with Crippen LogP contribution in [0.5, 0.6) is 0 Å². The quantitative estimate of drug-likeness (QED) is 0.842. The van der Waals surface area contributed by atoms with Crippen LogP contribution >= 0.6 is 34.5 Å². The smallest absolute Gasteiger partial charge is 0.207 e. The molecule has 0 atom stereocenters. The zero-order valence-electron chi connectivity index (χ0n) is 7.85. The molecule has 1 aromatic heterocycles. The number of sulfone groups is 1. The Morgan fingerprint density at radius 2 is 1.75 bits per heavy atom. The van der Waals surface area contributed by atoms with Crippen LogP contribution in [0.3, 0.4) is 0 Å². The van der Waals surface area contributed by atoms with Gasteiger partial charge in [-0.05, 0) is 29.6 Å². The zero-order chi connectivity index (χ0) is 11.8. The van der Waals surface area contributed by atoms with E-state index in [2.05, 4.69) is 0 Å². The van der Waals surface area contributed by atoms with Crippen molar-refractivity contribution < 1.29 is 8.42 Å². The van der Waals surface area contributed by atoms with Gasteiger partial charge in [0, 0.05) is 5.38 Å². The molecule has 0 spiro atoms. The molecule has 2 rings (SSSR count). The largest absolute Gasteiger partial charge is 0.218 e. The minimum atomic E-state index is -3.47. The van der Waals surface area contributed by atoms with Crippen LogP contribution in [0.2, 0.25) is 10.0 Å². The molecular weight excluding hydrogens is 287 g/mol. The fourth-order valence-electron chi connectivity index (χ4n) is 1.18. The lowest BCUT2D eigenvalue weighted by Gasteiger charge is -2.03. The number of rotatable bonds is 2. The summed E-state index contributed by atoms with van der Waals surface area (Å²) in [6.45, 7) is 0. The molecule has 0 N–H and O–H groups in total. The Balaban J connectivity index is 2.57. The van der Waals surface area contributed by atoms with Crippen molar-refractivity contribution in [3.8, 4) is 0 Å². The Hall–Kier alpha value is -0.550. The highest BCUT2D eigenvalue weighted by molar-refractivity contribution is 7.91. The molecule has 2 aromatic rings. The van der Waals surface area contributed by atoms with Crippen molar-refractivity contribution in [2.45, 2.75) is 9.79 Å². The molecule has 84 valence electrons. The van der Waals surface area contributed by atoms with Crippen molar-refractivity contribution in [3.05, 3.63) is 45.1 Å². The fourth-order valence-corrected chi connectivity index (χ4v) is 3.86. The van der Waals surface area contributed by atoms with E-state index in [1.54, 1.807) is 16.8 Å². The molecule has 0 bridgehead atoms. The second-order valence-electron chi connectivity index (χ2n) is 3.04. The third kappa shape index (κ3) is 2.11. The summed E-state index contributed by atoms with van der Waals surface area (Å²) >= 11 is 12.8. The van der Waals surface area contributed by atoms with E-state index in [9.17, 15) is 8.42 Å². The Labute approximate surface area is 107 Å². The second-order valence-corrected chi connectivity index (χ2v) is 6.58. The first kappa shape index (κ1) is 11.9. The average molecular weight is 293 g/mol. The standard InChI is InChI=1S/C10H6Cl2O2S2/c11-9-2-1-7(5-10(9)12)16(13,14)8-3-4-15-6-8/h1-6H. The van der Waals surface area contributed by atoms with Gasteiger partial charge in [0.05, 0.1) is 19.8 Å². The number of hydrogen-bond donors (Lipinski definition) is 0. The SMILES string of the molecule is O=S(=O)(c1ccsc1)c1ccc(Cl)c(Cl)c1. The molecule has 0 radical (unpaired) electrons. The van der Waals surface area contributed by atoms with E-state index in [1.807, 2.05) is 0 Å². The molecule has 0 aliphatic carbocycles. The Morgan fingerprint density at radius 1 is 1.00 bits per heavy atom. The summed E-state index contributed by atoms with van der Waals surface area (Å²) in [5.74, 6) is 0. The molecule has 16 heavy (non-hydrogen) atoms. The van der Waals surface area contributed by atoms with Crippen LogP contribution in [0.25, 0.3) is 0 Å². The summed E-state index contributed by atoms with van der Waals surface area (Å²) in [7, 11) is -3.47. The van der Waals surface area contributed by atoms with Crippen LogP contribution in [0, 0.1) is 0 Å². The number of hydrogen-bond acceptors (Lipinski definition) is 3. The predicted molar refractivity (Wildman–Crippen MR) is 66.2 cm³/mol. The van der Waals surface area contributed by atoms with E-state index in [-0.39, 0.29) is 14.8 Å². The Morgan fingerprint density at radius 3 is 2.31 bits per heavy atom. The van der Waals surface area contributed by atoms with Gasteiger partial charge in [-0.3, -0.25) is 0 Å². The molecule has 1 aromatic carbocycles. The van der Waals surface area contributed by atoms with Crippen LogP contribution in [0.1, 0.15) is 0 Å². The molecule has 0 fully saturated rings. The van der Waals surface area contributed by atoms with Crippen molar-refractivity contribution in [2.75, 3.05) is 0 Å². The summed E-state index contributed by atoms with van der Waals surface area (Å²) in [5.41, 5.74) is 0. The van der Waals surface area contributed by atoms with Crippen LogP contribution < -0.4 is 0 Å². The molecule has 0 amide bonds.